The quantitative estimate of drug-likeness (QED) is 0.414. The smallest absolute Gasteiger partial charge is 0.318 e. The highest BCUT2D eigenvalue weighted by molar-refractivity contribution is 5.91. The molecule has 2 aromatic carbocycles. The van der Waals surface area contributed by atoms with Gasteiger partial charge in [-0.25, -0.2) is 14.8 Å². The van der Waals surface area contributed by atoms with E-state index in [4.69, 9.17) is 0 Å². The van der Waals surface area contributed by atoms with Crippen LogP contribution in [0.1, 0.15) is 48.8 Å². The third-order valence-corrected chi connectivity index (χ3v) is 6.98. The third kappa shape index (κ3) is 3.54. The molecule has 1 saturated carbocycles. The summed E-state index contributed by atoms with van der Waals surface area (Å²) in [6, 6.07) is 19.9. The van der Waals surface area contributed by atoms with Crippen molar-refractivity contribution in [2.24, 2.45) is 0 Å². The molecule has 2 aliphatic rings. The maximum absolute atomic E-state index is 13.3. The van der Waals surface area contributed by atoms with Crippen LogP contribution in [0.25, 0.3) is 10.9 Å². The van der Waals surface area contributed by atoms with Crippen LogP contribution in [-0.2, 0) is 12.1 Å². The fourth-order valence-electron chi connectivity index (χ4n) is 4.94. The van der Waals surface area contributed by atoms with Gasteiger partial charge >= 0.3 is 6.03 Å². The summed E-state index contributed by atoms with van der Waals surface area (Å²) < 4.78 is 0. The lowest BCUT2D eigenvalue weighted by molar-refractivity contribution is 0.142. The minimum atomic E-state index is -0.560. The maximum Gasteiger partial charge on any atom is 0.318 e. The summed E-state index contributed by atoms with van der Waals surface area (Å²) in [6.45, 7) is 4.43. The monoisotopic (exact) mass is 464 g/mol. The Kier molecular flexibility index (Phi) is 4.71. The summed E-state index contributed by atoms with van der Waals surface area (Å²) in [7, 11) is 0. The Labute approximate surface area is 202 Å². The second-order valence-corrected chi connectivity index (χ2v) is 9.53. The Morgan fingerprint density at radius 1 is 1.11 bits per heavy atom. The van der Waals surface area contributed by atoms with E-state index in [1.54, 1.807) is 0 Å². The van der Waals surface area contributed by atoms with Crippen LogP contribution in [0, 0.1) is 11.3 Å². The van der Waals surface area contributed by atoms with Crippen molar-refractivity contribution in [2.45, 2.75) is 44.3 Å². The van der Waals surface area contributed by atoms with Gasteiger partial charge in [0.15, 0.2) is 5.82 Å². The molecule has 0 spiro atoms. The minimum absolute atomic E-state index is 0.0807. The zero-order chi connectivity index (χ0) is 24.2. The van der Waals surface area contributed by atoms with Crippen LogP contribution in [0.5, 0.6) is 0 Å². The molecule has 9 heteroatoms. The summed E-state index contributed by atoms with van der Waals surface area (Å²) in [5.74, 6) is 1.54. The first-order chi connectivity index (χ1) is 17.0. The Morgan fingerprint density at radius 3 is 2.69 bits per heavy atom. The molecule has 6 rings (SSSR count). The number of hydrogen-bond acceptors (Lipinski definition) is 6. The lowest BCUT2D eigenvalue weighted by Crippen LogP contribution is -2.47. The van der Waals surface area contributed by atoms with E-state index in [1.807, 2.05) is 67.3 Å². The van der Waals surface area contributed by atoms with E-state index in [-0.39, 0.29) is 17.9 Å². The van der Waals surface area contributed by atoms with Crippen LogP contribution < -0.4 is 10.6 Å². The topological polar surface area (TPSA) is 123 Å². The fourth-order valence-corrected chi connectivity index (χ4v) is 4.94. The Hall–Kier alpha value is -4.45. The highest BCUT2D eigenvalue weighted by atomic mass is 16.2. The number of aromatic nitrogens is 4. The zero-order valence-electron chi connectivity index (χ0n) is 19.4. The molecule has 0 saturated heterocycles. The largest absolute Gasteiger partial charge is 0.335 e. The normalized spacial score (nSPS) is 19.7. The van der Waals surface area contributed by atoms with E-state index in [0.717, 1.165) is 23.1 Å². The first kappa shape index (κ1) is 21.1. The summed E-state index contributed by atoms with van der Waals surface area (Å²) in [4.78, 5) is 23.8. The van der Waals surface area contributed by atoms with Gasteiger partial charge in [-0.1, -0.05) is 42.5 Å². The van der Waals surface area contributed by atoms with E-state index >= 15 is 0 Å². The van der Waals surface area contributed by atoms with E-state index < -0.39 is 5.54 Å². The highest BCUT2D eigenvalue weighted by Crippen LogP contribution is 2.44. The van der Waals surface area contributed by atoms with Gasteiger partial charge in [-0.15, -0.1) is 0 Å². The molecule has 1 aliphatic heterocycles. The Bertz CT molecular complexity index is 1490. The number of nitrogens with one attached hydrogen (secondary N) is 3. The maximum atomic E-state index is 13.3. The number of aromatic amines is 1. The molecule has 1 fully saturated rings. The van der Waals surface area contributed by atoms with Crippen LogP contribution in [0.15, 0.2) is 54.6 Å². The van der Waals surface area contributed by atoms with Gasteiger partial charge in [0.25, 0.3) is 0 Å². The molecule has 1 aliphatic carbocycles. The van der Waals surface area contributed by atoms with E-state index in [0.29, 0.717) is 29.6 Å². The predicted molar refractivity (Wildman–Crippen MR) is 131 cm³/mol. The molecule has 35 heavy (non-hydrogen) atoms. The number of carbonyl (C=O) groups excluding carboxylic acids is 1. The molecule has 0 unspecified atom stereocenters. The van der Waals surface area contributed by atoms with Crippen LogP contribution >= 0.6 is 0 Å². The number of nitriles is 1. The first-order valence-corrected chi connectivity index (χ1v) is 11.6. The standard InChI is InChI=1S/C26H24N8O/c1-26(2)22-18(14-34(26)25(35)29-20-12-17(20)15-8-4-3-5-9-15)24(33-32-22)31-23-16-10-6-7-11-19(16)28-21(13-27)30-23/h3-11,17,20H,12,14H2,1-2H3,(H,29,35)(H2,28,30,31,32,33)/t17-,20+/m0/s1. The number of benzene rings is 2. The summed E-state index contributed by atoms with van der Waals surface area (Å²) in [5, 5.41) is 24.2. The molecular formula is C26H24N8O. The second kappa shape index (κ2) is 7.81. The molecule has 0 radical (unpaired) electrons. The van der Waals surface area contributed by atoms with Crippen LogP contribution in [0.3, 0.4) is 0 Å². The van der Waals surface area contributed by atoms with Crippen molar-refractivity contribution in [3.05, 3.63) is 77.2 Å². The number of carbonyl (C=O) groups is 1. The fraction of sp³-hybridized carbons (Fsp3) is 0.269. The predicted octanol–water partition coefficient (Wildman–Crippen LogP) is 4.28. The van der Waals surface area contributed by atoms with Gasteiger partial charge in [-0.05, 0) is 38.0 Å². The number of hydrogen-bond donors (Lipinski definition) is 3. The van der Waals surface area contributed by atoms with Crippen molar-refractivity contribution < 1.29 is 4.79 Å². The van der Waals surface area contributed by atoms with E-state index in [1.165, 1.54) is 5.56 Å². The Balaban J connectivity index is 1.23. The molecule has 2 amide bonds. The van der Waals surface area contributed by atoms with Crippen molar-refractivity contribution in [3.63, 3.8) is 0 Å². The first-order valence-electron chi connectivity index (χ1n) is 11.6. The van der Waals surface area contributed by atoms with Crippen molar-refractivity contribution in [1.82, 2.24) is 30.4 Å². The molecule has 9 nitrogen and oxygen atoms in total. The molecule has 0 bridgehead atoms. The van der Waals surface area contributed by atoms with Gasteiger partial charge in [0, 0.05) is 22.9 Å². The van der Waals surface area contributed by atoms with Crippen LogP contribution in [-0.4, -0.2) is 37.1 Å². The lowest BCUT2D eigenvalue weighted by Gasteiger charge is -2.32. The van der Waals surface area contributed by atoms with Gasteiger partial charge in [-0.3, -0.25) is 5.10 Å². The van der Waals surface area contributed by atoms with E-state index in [2.05, 4.69) is 42.9 Å². The number of H-pyrrole nitrogens is 1. The van der Waals surface area contributed by atoms with Crippen LogP contribution in [0.4, 0.5) is 16.4 Å². The number of urea groups is 1. The Morgan fingerprint density at radius 2 is 1.89 bits per heavy atom. The number of rotatable bonds is 4. The molecule has 3 N–H and O–H groups in total. The number of nitrogens with zero attached hydrogens (tertiary/aromatic N) is 5. The molecule has 4 aromatic rings. The number of fused-ring (bicyclic) bond motifs is 2. The van der Waals surface area contributed by atoms with Gasteiger partial charge in [0.05, 0.1) is 23.3 Å². The summed E-state index contributed by atoms with van der Waals surface area (Å²) in [5.41, 5.74) is 3.15. The SMILES string of the molecule is CC1(C)c2[nH]nc(Nc3nc(C#N)nc4ccccc34)c2CN1C(=O)N[C@@H]1C[C@H]1c1ccccc1. The second-order valence-electron chi connectivity index (χ2n) is 9.53. The van der Waals surface area contributed by atoms with E-state index in [9.17, 15) is 10.1 Å². The molecule has 2 aromatic heterocycles. The third-order valence-electron chi connectivity index (χ3n) is 6.98. The van der Waals surface area contributed by atoms with Crippen LogP contribution in [0.2, 0.25) is 0 Å². The molecule has 174 valence electrons. The number of para-hydroxylation sites is 1. The molecular weight excluding hydrogens is 440 g/mol. The van der Waals surface area contributed by atoms with Gasteiger partial charge in [0.1, 0.15) is 11.9 Å². The van der Waals surface area contributed by atoms with Gasteiger partial charge < -0.3 is 15.5 Å². The lowest BCUT2D eigenvalue weighted by atomic mass is 10.0. The number of anilines is 2. The zero-order valence-corrected chi connectivity index (χ0v) is 19.4. The molecule has 2 atom stereocenters. The minimum Gasteiger partial charge on any atom is -0.335 e. The van der Waals surface area contributed by atoms with Gasteiger partial charge in [-0.2, -0.15) is 10.4 Å². The van der Waals surface area contributed by atoms with Crippen molar-refractivity contribution in [2.75, 3.05) is 5.32 Å². The summed E-state index contributed by atoms with van der Waals surface area (Å²) in [6.07, 6.45) is 0.950. The number of amides is 2. The average molecular weight is 465 g/mol. The van der Waals surface area contributed by atoms with Gasteiger partial charge in [0.2, 0.25) is 5.82 Å². The molecule has 3 heterocycles. The summed E-state index contributed by atoms with van der Waals surface area (Å²) >= 11 is 0. The highest BCUT2D eigenvalue weighted by Gasteiger charge is 2.46. The van der Waals surface area contributed by atoms with Crippen molar-refractivity contribution in [3.8, 4) is 6.07 Å². The van der Waals surface area contributed by atoms with Crippen molar-refractivity contribution >= 4 is 28.6 Å². The van der Waals surface area contributed by atoms with Crippen molar-refractivity contribution in [1.29, 1.82) is 5.26 Å². The average Bonchev–Trinajstić information content (AvgIpc) is 3.42.